The first-order valence-electron chi connectivity index (χ1n) is 6.21. The van der Waals surface area contributed by atoms with Crippen molar-refractivity contribution in [2.45, 2.75) is 25.9 Å². The van der Waals surface area contributed by atoms with E-state index in [2.05, 4.69) is 4.57 Å². The quantitative estimate of drug-likeness (QED) is 0.662. The zero-order valence-corrected chi connectivity index (χ0v) is 10.8. The molecule has 2 aromatic rings. The summed E-state index contributed by atoms with van der Waals surface area (Å²) in [6, 6.07) is 8.74. The van der Waals surface area contributed by atoms with Gasteiger partial charge in [0.2, 0.25) is 0 Å². The number of aromatic nitrogens is 1. The highest BCUT2D eigenvalue weighted by atomic mass is 16.6. The lowest BCUT2D eigenvalue weighted by molar-refractivity contribution is -0.384. The molecule has 0 bridgehead atoms. The number of nitrogens with two attached hydrogens (primary N) is 1. The number of benzene rings is 1. The second-order valence-electron chi connectivity index (χ2n) is 4.64. The topological polar surface area (TPSA) is 74.1 Å². The molecule has 1 atom stereocenters. The molecule has 0 amide bonds. The predicted molar refractivity (Wildman–Crippen MR) is 73.8 cm³/mol. The van der Waals surface area contributed by atoms with Crippen molar-refractivity contribution in [3.8, 4) is 0 Å². The van der Waals surface area contributed by atoms with E-state index in [0.717, 1.165) is 24.1 Å². The fourth-order valence-electron chi connectivity index (χ4n) is 1.91. The lowest BCUT2D eigenvalue weighted by atomic mass is 10.1. The van der Waals surface area contributed by atoms with Crippen molar-refractivity contribution in [3.05, 3.63) is 64.0 Å². The average Bonchev–Trinajstić information content (AvgIpc) is 2.86. The van der Waals surface area contributed by atoms with Gasteiger partial charge in [-0.05, 0) is 30.5 Å². The molecule has 0 saturated heterocycles. The molecule has 0 spiro atoms. The van der Waals surface area contributed by atoms with Crippen LogP contribution in [0.3, 0.4) is 0 Å². The van der Waals surface area contributed by atoms with E-state index < -0.39 is 0 Å². The first-order chi connectivity index (χ1) is 9.06. The Morgan fingerprint density at radius 1 is 1.32 bits per heavy atom. The van der Waals surface area contributed by atoms with Crippen molar-refractivity contribution in [2.24, 2.45) is 5.73 Å². The summed E-state index contributed by atoms with van der Waals surface area (Å²) in [6.07, 6.45) is 4.88. The number of hydrogen-bond acceptors (Lipinski definition) is 3. The number of non-ortho nitro benzene ring substituents is 1. The van der Waals surface area contributed by atoms with Crippen LogP contribution in [0, 0.1) is 10.1 Å². The molecule has 2 N–H and O–H groups in total. The Hall–Kier alpha value is -2.14. The molecule has 0 aliphatic carbocycles. The summed E-state index contributed by atoms with van der Waals surface area (Å²) in [6.45, 7) is 2.79. The standard InChI is InChI=1S/C14H17N3O2/c1-11(15)13-7-9-16(10-13)8-6-12-2-4-14(5-3-12)17(18)19/h2-5,7,9-11H,6,8,15H2,1H3. The average molecular weight is 259 g/mol. The predicted octanol–water partition coefficient (Wildman–Crippen LogP) is 2.66. The van der Waals surface area contributed by atoms with Crippen molar-refractivity contribution in [3.63, 3.8) is 0 Å². The van der Waals surface area contributed by atoms with Gasteiger partial charge in [0.1, 0.15) is 0 Å². The summed E-state index contributed by atoms with van der Waals surface area (Å²) >= 11 is 0. The molecular formula is C14H17N3O2. The summed E-state index contributed by atoms with van der Waals surface area (Å²) < 4.78 is 2.08. The second kappa shape index (κ2) is 5.67. The molecule has 0 saturated carbocycles. The molecule has 0 aliphatic rings. The minimum atomic E-state index is -0.384. The van der Waals surface area contributed by atoms with E-state index >= 15 is 0 Å². The van der Waals surface area contributed by atoms with E-state index in [1.807, 2.05) is 25.4 Å². The SMILES string of the molecule is CC(N)c1ccn(CCc2ccc([N+](=O)[O-])cc2)c1. The van der Waals surface area contributed by atoms with E-state index in [-0.39, 0.29) is 16.7 Å². The number of nitro benzene ring substituents is 1. The molecule has 19 heavy (non-hydrogen) atoms. The monoisotopic (exact) mass is 259 g/mol. The number of nitrogens with zero attached hydrogens (tertiary/aromatic N) is 2. The molecule has 0 fully saturated rings. The van der Waals surface area contributed by atoms with Gasteiger partial charge in [-0.25, -0.2) is 0 Å². The van der Waals surface area contributed by atoms with Crippen molar-refractivity contribution < 1.29 is 4.92 Å². The maximum absolute atomic E-state index is 10.5. The number of aryl methyl sites for hydroxylation is 2. The van der Waals surface area contributed by atoms with E-state index in [1.165, 1.54) is 0 Å². The second-order valence-corrected chi connectivity index (χ2v) is 4.64. The number of nitro groups is 1. The van der Waals surface area contributed by atoms with Crippen LogP contribution in [0.5, 0.6) is 0 Å². The molecule has 2 rings (SSSR count). The van der Waals surface area contributed by atoms with E-state index in [9.17, 15) is 10.1 Å². The fourth-order valence-corrected chi connectivity index (χ4v) is 1.91. The normalized spacial score (nSPS) is 12.3. The molecule has 5 nitrogen and oxygen atoms in total. The van der Waals surface area contributed by atoms with Crippen LogP contribution in [-0.4, -0.2) is 9.49 Å². The Morgan fingerprint density at radius 3 is 2.53 bits per heavy atom. The Balaban J connectivity index is 1.96. The van der Waals surface area contributed by atoms with Crippen LogP contribution in [0.1, 0.15) is 24.1 Å². The Labute approximate surface area is 111 Å². The van der Waals surface area contributed by atoms with Crippen LogP contribution in [0.25, 0.3) is 0 Å². The third kappa shape index (κ3) is 3.42. The lowest BCUT2D eigenvalue weighted by Gasteiger charge is -2.04. The van der Waals surface area contributed by atoms with E-state index in [0.29, 0.717) is 0 Å². The Kier molecular flexibility index (Phi) is 3.97. The van der Waals surface area contributed by atoms with Gasteiger partial charge < -0.3 is 10.3 Å². The third-order valence-electron chi connectivity index (χ3n) is 3.10. The van der Waals surface area contributed by atoms with Crippen molar-refractivity contribution in [1.82, 2.24) is 4.57 Å². The highest BCUT2D eigenvalue weighted by molar-refractivity contribution is 5.32. The maximum Gasteiger partial charge on any atom is 0.269 e. The highest BCUT2D eigenvalue weighted by Crippen LogP contribution is 2.14. The van der Waals surface area contributed by atoms with Gasteiger partial charge in [-0.2, -0.15) is 0 Å². The van der Waals surface area contributed by atoms with Gasteiger partial charge in [0, 0.05) is 37.1 Å². The Bertz CT molecular complexity index is 558. The largest absolute Gasteiger partial charge is 0.354 e. The summed E-state index contributed by atoms with van der Waals surface area (Å²) in [5, 5.41) is 10.5. The van der Waals surface area contributed by atoms with Crippen molar-refractivity contribution >= 4 is 5.69 Å². The van der Waals surface area contributed by atoms with Gasteiger partial charge in [0.05, 0.1) is 4.92 Å². The minimum absolute atomic E-state index is 0.0422. The van der Waals surface area contributed by atoms with Gasteiger partial charge in [0.15, 0.2) is 0 Å². The molecule has 5 heteroatoms. The molecule has 1 aromatic carbocycles. The van der Waals surface area contributed by atoms with Crippen molar-refractivity contribution in [2.75, 3.05) is 0 Å². The lowest BCUT2D eigenvalue weighted by Crippen LogP contribution is -2.04. The maximum atomic E-state index is 10.5. The summed E-state index contributed by atoms with van der Waals surface area (Å²) in [5.74, 6) is 0. The minimum Gasteiger partial charge on any atom is -0.354 e. The zero-order valence-electron chi connectivity index (χ0n) is 10.8. The highest BCUT2D eigenvalue weighted by Gasteiger charge is 2.05. The Morgan fingerprint density at radius 2 is 2.00 bits per heavy atom. The zero-order chi connectivity index (χ0) is 13.8. The van der Waals surface area contributed by atoms with Crippen LogP contribution in [0.2, 0.25) is 0 Å². The van der Waals surface area contributed by atoms with Crippen molar-refractivity contribution in [1.29, 1.82) is 0 Å². The molecule has 1 unspecified atom stereocenters. The van der Waals surface area contributed by atoms with Gasteiger partial charge >= 0.3 is 0 Å². The van der Waals surface area contributed by atoms with Crippen LogP contribution >= 0.6 is 0 Å². The molecule has 1 heterocycles. The summed E-state index contributed by atoms with van der Waals surface area (Å²) in [7, 11) is 0. The fraction of sp³-hybridized carbons (Fsp3) is 0.286. The van der Waals surface area contributed by atoms with Crippen LogP contribution in [0.4, 0.5) is 5.69 Å². The van der Waals surface area contributed by atoms with Gasteiger partial charge in [-0.15, -0.1) is 0 Å². The molecule has 0 radical (unpaired) electrons. The molecule has 100 valence electrons. The molecule has 1 aromatic heterocycles. The summed E-state index contributed by atoms with van der Waals surface area (Å²) in [5.41, 5.74) is 8.13. The first kappa shape index (κ1) is 13.3. The van der Waals surface area contributed by atoms with Gasteiger partial charge in [-0.1, -0.05) is 12.1 Å². The van der Waals surface area contributed by atoms with E-state index in [4.69, 9.17) is 5.73 Å². The van der Waals surface area contributed by atoms with Gasteiger partial charge in [0.25, 0.3) is 5.69 Å². The third-order valence-corrected chi connectivity index (χ3v) is 3.10. The molecular weight excluding hydrogens is 242 g/mol. The van der Waals surface area contributed by atoms with Gasteiger partial charge in [-0.3, -0.25) is 10.1 Å². The van der Waals surface area contributed by atoms with Crippen LogP contribution in [0.15, 0.2) is 42.7 Å². The summed E-state index contributed by atoms with van der Waals surface area (Å²) in [4.78, 5) is 10.2. The number of hydrogen-bond donors (Lipinski definition) is 1. The smallest absolute Gasteiger partial charge is 0.269 e. The first-order valence-corrected chi connectivity index (χ1v) is 6.21. The number of rotatable bonds is 5. The van der Waals surface area contributed by atoms with Crippen LogP contribution < -0.4 is 5.73 Å². The molecule has 0 aliphatic heterocycles. The van der Waals surface area contributed by atoms with E-state index in [1.54, 1.807) is 24.3 Å². The van der Waals surface area contributed by atoms with Crippen LogP contribution in [-0.2, 0) is 13.0 Å².